The SMILES string of the molecule is CC.CC.CC.CCCCc1ccc(-c2ccccc2)cc1. The second kappa shape index (κ2) is 17.5. The summed E-state index contributed by atoms with van der Waals surface area (Å²) in [6, 6.07) is 19.5. The molecule has 0 atom stereocenters. The summed E-state index contributed by atoms with van der Waals surface area (Å²) in [5, 5.41) is 0. The molecule has 22 heavy (non-hydrogen) atoms. The lowest BCUT2D eigenvalue weighted by atomic mass is 10.0. The number of rotatable bonds is 4. The Morgan fingerprint density at radius 1 is 0.591 bits per heavy atom. The predicted octanol–water partition coefficient (Wildman–Crippen LogP) is 7.77. The van der Waals surface area contributed by atoms with Gasteiger partial charge in [-0.3, -0.25) is 0 Å². The molecular formula is C22H36. The summed E-state index contributed by atoms with van der Waals surface area (Å²) in [6.07, 6.45) is 3.75. The molecule has 0 bridgehead atoms. The van der Waals surface area contributed by atoms with Gasteiger partial charge in [0.25, 0.3) is 0 Å². The van der Waals surface area contributed by atoms with E-state index in [1.165, 1.54) is 36.0 Å². The van der Waals surface area contributed by atoms with Gasteiger partial charge in [-0.2, -0.15) is 0 Å². The third-order valence-electron chi connectivity index (χ3n) is 2.88. The first-order chi connectivity index (χ1) is 10.9. The van der Waals surface area contributed by atoms with E-state index < -0.39 is 0 Å². The lowest BCUT2D eigenvalue weighted by molar-refractivity contribution is 0.795. The second-order valence-electron chi connectivity index (χ2n) is 4.17. The standard InChI is InChI=1S/C16H18.3C2H6/c1-2-3-7-14-10-12-16(13-11-14)15-8-5-4-6-9-15;3*1-2/h4-6,8-13H,2-3,7H2,1H3;3*1-2H3. The van der Waals surface area contributed by atoms with E-state index in [2.05, 4.69) is 61.5 Å². The topological polar surface area (TPSA) is 0 Å². The Labute approximate surface area is 139 Å². The molecule has 0 saturated carbocycles. The highest BCUT2D eigenvalue weighted by Gasteiger charge is 1.96. The summed E-state index contributed by atoms with van der Waals surface area (Å²) in [5.41, 5.74) is 4.05. The van der Waals surface area contributed by atoms with Crippen LogP contribution in [0.1, 0.15) is 66.9 Å². The summed E-state index contributed by atoms with van der Waals surface area (Å²) < 4.78 is 0. The molecule has 0 fully saturated rings. The number of hydrogen-bond acceptors (Lipinski definition) is 0. The lowest BCUT2D eigenvalue weighted by Gasteiger charge is -2.03. The van der Waals surface area contributed by atoms with Crippen LogP contribution in [0.3, 0.4) is 0 Å². The van der Waals surface area contributed by atoms with Crippen molar-refractivity contribution in [1.82, 2.24) is 0 Å². The van der Waals surface area contributed by atoms with Gasteiger partial charge in [-0.15, -0.1) is 0 Å². The summed E-state index contributed by atoms with van der Waals surface area (Å²) in [4.78, 5) is 0. The Hall–Kier alpha value is -1.56. The minimum atomic E-state index is 1.20. The number of aryl methyl sites for hydroxylation is 1. The quantitative estimate of drug-likeness (QED) is 0.541. The van der Waals surface area contributed by atoms with Crippen molar-refractivity contribution in [2.45, 2.75) is 67.7 Å². The van der Waals surface area contributed by atoms with Gasteiger partial charge in [-0.05, 0) is 29.5 Å². The third kappa shape index (κ3) is 9.39. The van der Waals surface area contributed by atoms with Crippen molar-refractivity contribution >= 4 is 0 Å². The van der Waals surface area contributed by atoms with Crippen molar-refractivity contribution in [3.8, 4) is 11.1 Å². The largest absolute Gasteiger partial charge is 0.0683 e. The van der Waals surface area contributed by atoms with Crippen LogP contribution in [0.2, 0.25) is 0 Å². The fourth-order valence-electron chi connectivity index (χ4n) is 1.88. The van der Waals surface area contributed by atoms with Gasteiger partial charge in [0.1, 0.15) is 0 Å². The Morgan fingerprint density at radius 3 is 1.50 bits per heavy atom. The van der Waals surface area contributed by atoms with Crippen molar-refractivity contribution in [2.24, 2.45) is 0 Å². The molecule has 0 saturated heterocycles. The molecule has 2 rings (SSSR count). The smallest absolute Gasteiger partial charge is 0.0184 e. The van der Waals surface area contributed by atoms with Crippen LogP contribution in [0.5, 0.6) is 0 Å². The van der Waals surface area contributed by atoms with Gasteiger partial charge in [0, 0.05) is 0 Å². The Bertz CT molecular complexity index is 412. The van der Waals surface area contributed by atoms with E-state index in [1.54, 1.807) is 0 Å². The normalized spacial score (nSPS) is 8.32. The number of hydrogen-bond donors (Lipinski definition) is 0. The van der Waals surface area contributed by atoms with Crippen LogP contribution in [0.4, 0.5) is 0 Å². The van der Waals surface area contributed by atoms with Crippen molar-refractivity contribution in [2.75, 3.05) is 0 Å². The highest BCUT2D eigenvalue weighted by atomic mass is 14.0. The first-order valence-corrected chi connectivity index (χ1v) is 9.04. The zero-order valence-corrected chi connectivity index (χ0v) is 15.8. The zero-order chi connectivity index (χ0) is 17.2. The van der Waals surface area contributed by atoms with Crippen LogP contribution >= 0.6 is 0 Å². The Balaban J connectivity index is 0. The molecule has 0 N–H and O–H groups in total. The summed E-state index contributed by atoms with van der Waals surface area (Å²) in [6.45, 7) is 14.2. The highest BCUT2D eigenvalue weighted by Crippen LogP contribution is 2.19. The molecule has 0 amide bonds. The molecule has 0 spiro atoms. The van der Waals surface area contributed by atoms with Crippen LogP contribution in [-0.4, -0.2) is 0 Å². The maximum Gasteiger partial charge on any atom is -0.0184 e. The van der Waals surface area contributed by atoms with Crippen LogP contribution in [-0.2, 0) is 6.42 Å². The van der Waals surface area contributed by atoms with Crippen molar-refractivity contribution in [3.63, 3.8) is 0 Å². The monoisotopic (exact) mass is 300 g/mol. The van der Waals surface area contributed by atoms with E-state index in [0.29, 0.717) is 0 Å². The molecule has 0 heterocycles. The first-order valence-electron chi connectivity index (χ1n) is 9.04. The molecule has 0 unspecified atom stereocenters. The van der Waals surface area contributed by atoms with E-state index in [0.717, 1.165) is 0 Å². The van der Waals surface area contributed by atoms with E-state index in [-0.39, 0.29) is 0 Å². The minimum Gasteiger partial charge on any atom is -0.0683 e. The van der Waals surface area contributed by atoms with E-state index in [1.807, 2.05) is 41.5 Å². The fourth-order valence-corrected chi connectivity index (χ4v) is 1.88. The highest BCUT2D eigenvalue weighted by molar-refractivity contribution is 5.63. The number of benzene rings is 2. The minimum absolute atomic E-state index is 1.20. The van der Waals surface area contributed by atoms with E-state index in [4.69, 9.17) is 0 Å². The van der Waals surface area contributed by atoms with Gasteiger partial charge < -0.3 is 0 Å². The van der Waals surface area contributed by atoms with Crippen LogP contribution < -0.4 is 0 Å². The van der Waals surface area contributed by atoms with Gasteiger partial charge in [0.15, 0.2) is 0 Å². The van der Waals surface area contributed by atoms with Gasteiger partial charge >= 0.3 is 0 Å². The molecule has 0 aliphatic carbocycles. The third-order valence-corrected chi connectivity index (χ3v) is 2.88. The van der Waals surface area contributed by atoms with Gasteiger partial charge in [-0.1, -0.05) is 109 Å². The molecule has 0 heteroatoms. The number of unbranched alkanes of at least 4 members (excludes halogenated alkanes) is 1. The molecule has 0 radical (unpaired) electrons. The van der Waals surface area contributed by atoms with Crippen molar-refractivity contribution < 1.29 is 0 Å². The maximum absolute atomic E-state index is 2.25. The van der Waals surface area contributed by atoms with Gasteiger partial charge in [-0.25, -0.2) is 0 Å². The van der Waals surface area contributed by atoms with Crippen molar-refractivity contribution in [3.05, 3.63) is 60.2 Å². The van der Waals surface area contributed by atoms with Crippen LogP contribution in [0, 0.1) is 0 Å². The molecule has 2 aromatic carbocycles. The first kappa shape index (κ1) is 22.7. The average molecular weight is 301 g/mol. The fraction of sp³-hybridized carbons (Fsp3) is 0.455. The molecule has 0 aromatic heterocycles. The molecular weight excluding hydrogens is 264 g/mol. The summed E-state index contributed by atoms with van der Waals surface area (Å²) in [7, 11) is 0. The average Bonchev–Trinajstić information content (AvgIpc) is 2.66. The van der Waals surface area contributed by atoms with Gasteiger partial charge in [0.05, 0.1) is 0 Å². The van der Waals surface area contributed by atoms with Crippen LogP contribution in [0.15, 0.2) is 54.6 Å². The molecule has 2 aromatic rings. The molecule has 0 aliphatic heterocycles. The van der Waals surface area contributed by atoms with Crippen molar-refractivity contribution in [1.29, 1.82) is 0 Å². The maximum atomic E-state index is 2.25. The van der Waals surface area contributed by atoms with Gasteiger partial charge in [0.2, 0.25) is 0 Å². The molecule has 0 nitrogen and oxygen atoms in total. The van der Waals surface area contributed by atoms with Crippen LogP contribution in [0.25, 0.3) is 11.1 Å². The molecule has 124 valence electrons. The molecule has 0 aliphatic rings. The summed E-state index contributed by atoms with van der Waals surface area (Å²) in [5.74, 6) is 0. The van der Waals surface area contributed by atoms with E-state index in [9.17, 15) is 0 Å². The second-order valence-corrected chi connectivity index (χ2v) is 4.17. The summed E-state index contributed by atoms with van der Waals surface area (Å²) >= 11 is 0. The zero-order valence-electron chi connectivity index (χ0n) is 15.8. The Morgan fingerprint density at radius 2 is 1.05 bits per heavy atom. The predicted molar refractivity (Wildman–Crippen MR) is 105 cm³/mol. The van der Waals surface area contributed by atoms with E-state index >= 15 is 0 Å². The Kier molecular flexibility index (Phi) is 18.1. The lowest BCUT2D eigenvalue weighted by Crippen LogP contribution is -1.84.